The molecule has 0 spiro atoms. The summed E-state index contributed by atoms with van der Waals surface area (Å²) in [4.78, 5) is 19.9. The van der Waals surface area contributed by atoms with E-state index in [9.17, 15) is 4.79 Å². The molecule has 6 heteroatoms. The highest BCUT2D eigenvalue weighted by atomic mass is 16.5. The van der Waals surface area contributed by atoms with E-state index in [1.807, 2.05) is 20.8 Å². The first kappa shape index (κ1) is 15.2. The molecule has 0 aliphatic heterocycles. The van der Waals surface area contributed by atoms with Gasteiger partial charge in [-0.05, 0) is 18.8 Å². The summed E-state index contributed by atoms with van der Waals surface area (Å²) in [6, 6.07) is -0.426. The highest BCUT2D eigenvalue weighted by Gasteiger charge is 2.22. The number of nitrogens with one attached hydrogen (secondary N) is 1. The SMILES string of the molecule is CCc1c(N)ncnc1NC(CC(C)C)C(=O)OC. The van der Waals surface area contributed by atoms with E-state index in [0.29, 0.717) is 30.4 Å². The number of esters is 1. The smallest absolute Gasteiger partial charge is 0.328 e. The molecule has 0 amide bonds. The van der Waals surface area contributed by atoms with E-state index in [-0.39, 0.29) is 5.97 Å². The number of aromatic nitrogens is 2. The van der Waals surface area contributed by atoms with Gasteiger partial charge in [0.1, 0.15) is 24.0 Å². The lowest BCUT2D eigenvalue weighted by Gasteiger charge is -2.20. The molecule has 0 fully saturated rings. The fraction of sp³-hybridized carbons (Fsp3) is 0.615. The summed E-state index contributed by atoms with van der Waals surface area (Å²) in [6.07, 6.45) is 2.75. The number of methoxy groups -OCH3 is 1. The van der Waals surface area contributed by atoms with Crippen molar-refractivity contribution in [3.8, 4) is 0 Å². The zero-order valence-electron chi connectivity index (χ0n) is 11.9. The van der Waals surface area contributed by atoms with Gasteiger partial charge in [-0.1, -0.05) is 20.8 Å². The number of carbonyl (C=O) groups is 1. The molecule has 1 aromatic rings. The highest BCUT2D eigenvalue weighted by Crippen LogP contribution is 2.20. The van der Waals surface area contributed by atoms with Gasteiger partial charge in [-0.25, -0.2) is 14.8 Å². The average molecular weight is 266 g/mol. The minimum atomic E-state index is -0.426. The normalized spacial score (nSPS) is 12.3. The molecule has 1 unspecified atom stereocenters. The monoisotopic (exact) mass is 266 g/mol. The van der Waals surface area contributed by atoms with Crippen LogP contribution in [0.3, 0.4) is 0 Å². The number of rotatable bonds is 6. The number of ether oxygens (including phenoxy) is 1. The van der Waals surface area contributed by atoms with Gasteiger partial charge in [-0.15, -0.1) is 0 Å². The van der Waals surface area contributed by atoms with Crippen LogP contribution in [0.4, 0.5) is 11.6 Å². The molecule has 106 valence electrons. The van der Waals surface area contributed by atoms with E-state index in [2.05, 4.69) is 15.3 Å². The van der Waals surface area contributed by atoms with Gasteiger partial charge in [-0.3, -0.25) is 0 Å². The van der Waals surface area contributed by atoms with Gasteiger partial charge in [0.05, 0.1) is 7.11 Å². The van der Waals surface area contributed by atoms with E-state index < -0.39 is 6.04 Å². The molecule has 0 aliphatic carbocycles. The van der Waals surface area contributed by atoms with Crippen molar-refractivity contribution in [3.63, 3.8) is 0 Å². The van der Waals surface area contributed by atoms with Gasteiger partial charge >= 0.3 is 5.97 Å². The summed E-state index contributed by atoms with van der Waals surface area (Å²) in [7, 11) is 1.38. The number of nitrogens with zero attached hydrogens (tertiary/aromatic N) is 2. The molecule has 3 N–H and O–H groups in total. The van der Waals surface area contributed by atoms with Crippen LogP contribution in [0, 0.1) is 5.92 Å². The predicted octanol–water partition coefficient (Wildman–Crippen LogP) is 1.62. The minimum absolute atomic E-state index is 0.298. The number of nitrogens with two attached hydrogens (primary N) is 1. The molecule has 0 saturated carbocycles. The van der Waals surface area contributed by atoms with Crippen LogP contribution in [-0.4, -0.2) is 29.1 Å². The van der Waals surface area contributed by atoms with Crippen molar-refractivity contribution in [2.45, 2.75) is 39.7 Å². The van der Waals surface area contributed by atoms with Crippen LogP contribution in [0.2, 0.25) is 0 Å². The second-order valence-corrected chi connectivity index (χ2v) is 4.79. The van der Waals surface area contributed by atoms with E-state index in [0.717, 1.165) is 5.56 Å². The molecule has 0 aromatic carbocycles. The van der Waals surface area contributed by atoms with Crippen molar-refractivity contribution < 1.29 is 9.53 Å². The molecule has 0 aliphatic rings. The van der Waals surface area contributed by atoms with Gasteiger partial charge in [0.2, 0.25) is 0 Å². The van der Waals surface area contributed by atoms with Gasteiger partial charge in [-0.2, -0.15) is 0 Å². The average Bonchev–Trinajstić information content (AvgIpc) is 2.36. The molecule has 0 saturated heterocycles. The summed E-state index contributed by atoms with van der Waals surface area (Å²) in [5.74, 6) is 1.10. The van der Waals surface area contributed by atoms with Gasteiger partial charge in [0.25, 0.3) is 0 Å². The lowest BCUT2D eigenvalue weighted by atomic mass is 10.0. The maximum atomic E-state index is 11.8. The van der Waals surface area contributed by atoms with Gasteiger partial charge < -0.3 is 15.8 Å². The largest absolute Gasteiger partial charge is 0.467 e. The lowest BCUT2D eigenvalue weighted by molar-refractivity contribution is -0.141. The predicted molar refractivity (Wildman–Crippen MR) is 74.7 cm³/mol. The summed E-state index contributed by atoms with van der Waals surface area (Å²) < 4.78 is 4.81. The summed E-state index contributed by atoms with van der Waals surface area (Å²) in [5.41, 5.74) is 6.63. The standard InChI is InChI=1S/C13H22N4O2/c1-5-9-11(14)15-7-16-12(9)17-10(6-8(2)3)13(18)19-4/h7-8,10H,5-6H2,1-4H3,(H3,14,15,16,17). The van der Waals surface area contributed by atoms with Crippen LogP contribution in [0.15, 0.2) is 6.33 Å². The first-order chi connectivity index (χ1) is 8.99. The Labute approximate surface area is 113 Å². The first-order valence-corrected chi connectivity index (χ1v) is 6.43. The van der Waals surface area contributed by atoms with Crippen molar-refractivity contribution in [1.82, 2.24) is 9.97 Å². The van der Waals surface area contributed by atoms with Crippen molar-refractivity contribution in [1.29, 1.82) is 0 Å². The topological polar surface area (TPSA) is 90.1 Å². The Balaban J connectivity index is 2.96. The third kappa shape index (κ3) is 4.08. The third-order valence-electron chi connectivity index (χ3n) is 2.84. The number of anilines is 2. The molecule has 1 aromatic heterocycles. The van der Waals surface area contributed by atoms with E-state index in [1.54, 1.807) is 0 Å². The lowest BCUT2D eigenvalue weighted by Crippen LogP contribution is -2.33. The van der Waals surface area contributed by atoms with Crippen LogP contribution in [0.25, 0.3) is 0 Å². The molecule has 0 bridgehead atoms. The molecule has 6 nitrogen and oxygen atoms in total. The molecule has 0 radical (unpaired) electrons. The van der Waals surface area contributed by atoms with Crippen LogP contribution in [-0.2, 0) is 16.0 Å². The van der Waals surface area contributed by atoms with Gasteiger partial charge in [0.15, 0.2) is 0 Å². The Morgan fingerprint density at radius 1 is 1.47 bits per heavy atom. The number of hydrogen-bond acceptors (Lipinski definition) is 6. The number of hydrogen-bond donors (Lipinski definition) is 2. The maximum absolute atomic E-state index is 11.8. The molecule has 1 atom stereocenters. The van der Waals surface area contributed by atoms with Crippen LogP contribution < -0.4 is 11.1 Å². The van der Waals surface area contributed by atoms with Crippen LogP contribution in [0.5, 0.6) is 0 Å². The fourth-order valence-electron chi connectivity index (χ4n) is 1.89. The number of carbonyl (C=O) groups excluding carboxylic acids is 1. The summed E-state index contributed by atoms with van der Waals surface area (Å²) in [6.45, 7) is 6.06. The molecular weight excluding hydrogens is 244 g/mol. The Morgan fingerprint density at radius 3 is 2.68 bits per heavy atom. The van der Waals surface area contributed by atoms with Crippen molar-refractivity contribution in [2.75, 3.05) is 18.2 Å². The number of nitrogen functional groups attached to an aromatic ring is 1. The van der Waals surface area contributed by atoms with E-state index in [4.69, 9.17) is 10.5 Å². The zero-order chi connectivity index (χ0) is 14.4. The molecular formula is C13H22N4O2. The second-order valence-electron chi connectivity index (χ2n) is 4.79. The summed E-state index contributed by atoms with van der Waals surface area (Å²) in [5, 5.41) is 3.12. The minimum Gasteiger partial charge on any atom is -0.467 e. The Bertz CT molecular complexity index is 435. The molecule has 1 heterocycles. The quantitative estimate of drug-likeness (QED) is 0.760. The first-order valence-electron chi connectivity index (χ1n) is 6.43. The zero-order valence-corrected chi connectivity index (χ0v) is 11.9. The van der Waals surface area contributed by atoms with E-state index >= 15 is 0 Å². The fourth-order valence-corrected chi connectivity index (χ4v) is 1.89. The molecule has 1 rings (SSSR count). The summed E-state index contributed by atoms with van der Waals surface area (Å²) >= 11 is 0. The second kappa shape index (κ2) is 6.92. The Hall–Kier alpha value is -1.85. The highest BCUT2D eigenvalue weighted by molar-refractivity contribution is 5.79. The Morgan fingerprint density at radius 2 is 2.16 bits per heavy atom. The van der Waals surface area contributed by atoms with Crippen molar-refractivity contribution in [3.05, 3.63) is 11.9 Å². The molecule has 19 heavy (non-hydrogen) atoms. The van der Waals surface area contributed by atoms with Gasteiger partial charge in [0, 0.05) is 5.56 Å². The van der Waals surface area contributed by atoms with Crippen LogP contribution >= 0.6 is 0 Å². The third-order valence-corrected chi connectivity index (χ3v) is 2.84. The Kier molecular flexibility index (Phi) is 5.54. The van der Waals surface area contributed by atoms with Crippen molar-refractivity contribution in [2.24, 2.45) is 5.92 Å². The van der Waals surface area contributed by atoms with Crippen molar-refractivity contribution >= 4 is 17.6 Å². The maximum Gasteiger partial charge on any atom is 0.328 e. The van der Waals surface area contributed by atoms with E-state index in [1.165, 1.54) is 13.4 Å². The van der Waals surface area contributed by atoms with Crippen LogP contribution in [0.1, 0.15) is 32.8 Å².